The molecular weight excluding hydrogens is 387 g/mol. The molecule has 0 heterocycles. The van der Waals surface area contributed by atoms with Crippen molar-refractivity contribution < 1.29 is 33.1 Å². The van der Waals surface area contributed by atoms with Gasteiger partial charge < -0.3 is 19.5 Å². The number of esters is 1. The molecule has 154 valence electrons. The van der Waals surface area contributed by atoms with Gasteiger partial charge in [0.25, 0.3) is 5.91 Å². The molecule has 2 aromatic rings. The topological polar surface area (TPSA) is 117 Å². The van der Waals surface area contributed by atoms with Crippen molar-refractivity contribution in [1.29, 1.82) is 0 Å². The zero-order chi connectivity index (χ0) is 21.2. The minimum atomic E-state index is -1.02. The first kappa shape index (κ1) is 21.6. The summed E-state index contributed by atoms with van der Waals surface area (Å²) < 4.78 is 29.0. The number of halogens is 1. The number of amides is 1. The van der Waals surface area contributed by atoms with Crippen LogP contribution in [0.15, 0.2) is 42.5 Å². The summed E-state index contributed by atoms with van der Waals surface area (Å²) in [6, 6.07) is 9.88. The predicted molar refractivity (Wildman–Crippen MR) is 100 cm³/mol. The van der Waals surface area contributed by atoms with E-state index in [0.717, 1.165) is 18.2 Å². The number of para-hydroxylation sites is 2. The van der Waals surface area contributed by atoms with Gasteiger partial charge in [0, 0.05) is 11.8 Å². The predicted octanol–water partition coefficient (Wildman–Crippen LogP) is 3.08. The smallest absolute Gasteiger partial charge is 0.309 e. The van der Waals surface area contributed by atoms with E-state index in [4.69, 9.17) is 14.2 Å². The molecule has 1 amide bonds. The molecule has 2 rings (SSSR count). The first-order valence-electron chi connectivity index (χ1n) is 8.64. The molecule has 1 N–H and O–H groups in total. The largest absolute Gasteiger partial charge is 0.490 e. The van der Waals surface area contributed by atoms with Crippen LogP contribution >= 0.6 is 0 Å². The molecule has 0 saturated heterocycles. The Balaban J connectivity index is 1.76. The normalized spacial score (nSPS) is 10.1. The summed E-state index contributed by atoms with van der Waals surface area (Å²) in [6.45, 7) is 1.73. The Morgan fingerprint density at radius 3 is 2.48 bits per heavy atom. The average Bonchev–Trinajstić information content (AvgIpc) is 2.69. The highest BCUT2D eigenvalue weighted by Gasteiger charge is 2.16. The maximum absolute atomic E-state index is 13.3. The van der Waals surface area contributed by atoms with Gasteiger partial charge in [-0.2, -0.15) is 4.39 Å². The van der Waals surface area contributed by atoms with Gasteiger partial charge in [-0.1, -0.05) is 12.1 Å². The number of hydrogen-bond donors (Lipinski definition) is 1. The minimum Gasteiger partial charge on any atom is -0.490 e. The number of carbonyl (C=O) groups is 2. The second-order valence-electron chi connectivity index (χ2n) is 5.61. The Kier molecular flexibility index (Phi) is 7.89. The van der Waals surface area contributed by atoms with E-state index in [1.165, 1.54) is 0 Å². The Morgan fingerprint density at radius 1 is 1.14 bits per heavy atom. The highest BCUT2D eigenvalue weighted by Crippen LogP contribution is 2.26. The molecule has 0 radical (unpaired) electrons. The highest BCUT2D eigenvalue weighted by atomic mass is 19.1. The third-order valence-corrected chi connectivity index (χ3v) is 3.50. The van der Waals surface area contributed by atoms with E-state index in [1.54, 1.807) is 24.3 Å². The van der Waals surface area contributed by atoms with Crippen molar-refractivity contribution in [2.45, 2.75) is 13.3 Å². The number of nitro benzene ring substituents is 1. The molecule has 0 fully saturated rings. The van der Waals surface area contributed by atoms with Crippen molar-refractivity contribution in [1.82, 2.24) is 0 Å². The highest BCUT2D eigenvalue weighted by molar-refractivity contribution is 5.93. The first-order valence-corrected chi connectivity index (χ1v) is 8.64. The van der Waals surface area contributed by atoms with Crippen molar-refractivity contribution in [3.8, 4) is 11.5 Å². The van der Waals surface area contributed by atoms with E-state index in [9.17, 15) is 24.1 Å². The number of nitro groups is 1. The SMILES string of the molecule is CCOc1ccccc1OCCC(=O)OCC(=O)Nc1ccc(F)c([N+](=O)[O-])c1. The molecule has 0 unspecified atom stereocenters. The zero-order valence-corrected chi connectivity index (χ0v) is 15.6. The van der Waals surface area contributed by atoms with Crippen LogP contribution in [0.25, 0.3) is 0 Å². The van der Waals surface area contributed by atoms with Crippen LogP contribution in [-0.2, 0) is 14.3 Å². The number of carbonyl (C=O) groups excluding carboxylic acids is 2. The number of hydrogen-bond acceptors (Lipinski definition) is 7. The van der Waals surface area contributed by atoms with Gasteiger partial charge in [-0.25, -0.2) is 0 Å². The fourth-order valence-electron chi connectivity index (χ4n) is 2.23. The van der Waals surface area contributed by atoms with Gasteiger partial charge in [0.1, 0.15) is 0 Å². The van der Waals surface area contributed by atoms with Crippen LogP contribution in [0, 0.1) is 15.9 Å². The monoisotopic (exact) mass is 406 g/mol. The summed E-state index contributed by atoms with van der Waals surface area (Å²) in [6.07, 6.45) is -0.101. The van der Waals surface area contributed by atoms with E-state index in [2.05, 4.69) is 5.32 Å². The molecule has 0 saturated carbocycles. The van der Waals surface area contributed by atoms with Gasteiger partial charge in [-0.05, 0) is 31.2 Å². The molecule has 10 heteroatoms. The van der Waals surface area contributed by atoms with Crippen LogP contribution < -0.4 is 14.8 Å². The molecule has 0 atom stereocenters. The van der Waals surface area contributed by atoms with Crippen LogP contribution in [0.5, 0.6) is 11.5 Å². The molecule has 0 aliphatic rings. The van der Waals surface area contributed by atoms with E-state index >= 15 is 0 Å². The van der Waals surface area contributed by atoms with E-state index in [-0.39, 0.29) is 18.7 Å². The zero-order valence-electron chi connectivity index (χ0n) is 15.6. The Bertz CT molecular complexity index is 889. The Morgan fingerprint density at radius 2 is 1.83 bits per heavy atom. The number of anilines is 1. The van der Waals surface area contributed by atoms with E-state index in [0.29, 0.717) is 18.1 Å². The van der Waals surface area contributed by atoms with Gasteiger partial charge in [-0.3, -0.25) is 19.7 Å². The van der Waals surface area contributed by atoms with Gasteiger partial charge in [-0.15, -0.1) is 0 Å². The van der Waals surface area contributed by atoms with Gasteiger partial charge in [0.2, 0.25) is 5.82 Å². The Labute approximate surface area is 165 Å². The lowest BCUT2D eigenvalue weighted by molar-refractivity contribution is -0.387. The lowest BCUT2D eigenvalue weighted by Crippen LogP contribution is -2.21. The number of nitrogens with one attached hydrogen (secondary N) is 1. The summed E-state index contributed by atoms with van der Waals surface area (Å²) in [5, 5.41) is 13.0. The van der Waals surface area contributed by atoms with Gasteiger partial charge >= 0.3 is 11.7 Å². The first-order chi connectivity index (χ1) is 13.9. The number of ether oxygens (including phenoxy) is 3. The molecule has 29 heavy (non-hydrogen) atoms. The maximum atomic E-state index is 13.3. The number of nitrogens with zero attached hydrogens (tertiary/aromatic N) is 1. The van der Waals surface area contributed by atoms with Gasteiger partial charge in [0.05, 0.1) is 24.6 Å². The lowest BCUT2D eigenvalue weighted by Gasteiger charge is -2.11. The third-order valence-electron chi connectivity index (χ3n) is 3.50. The summed E-state index contributed by atoms with van der Waals surface area (Å²) in [7, 11) is 0. The van der Waals surface area contributed by atoms with Crippen LogP contribution in [-0.4, -0.2) is 36.6 Å². The van der Waals surface area contributed by atoms with Crippen LogP contribution in [0.1, 0.15) is 13.3 Å². The van der Waals surface area contributed by atoms with Crippen molar-refractivity contribution in [2.24, 2.45) is 0 Å². The van der Waals surface area contributed by atoms with Crippen molar-refractivity contribution in [3.05, 3.63) is 58.4 Å². The van der Waals surface area contributed by atoms with Crippen LogP contribution in [0.3, 0.4) is 0 Å². The molecule has 9 nitrogen and oxygen atoms in total. The molecular formula is C19H19FN2O7. The van der Waals surface area contributed by atoms with Crippen molar-refractivity contribution in [2.75, 3.05) is 25.1 Å². The summed E-state index contributed by atoms with van der Waals surface area (Å²) >= 11 is 0. The summed E-state index contributed by atoms with van der Waals surface area (Å²) in [5.74, 6) is -1.37. The lowest BCUT2D eigenvalue weighted by atomic mass is 10.2. The summed E-state index contributed by atoms with van der Waals surface area (Å²) in [5.41, 5.74) is -0.765. The molecule has 0 aliphatic heterocycles. The Hall–Kier alpha value is -3.69. The number of benzene rings is 2. The fourth-order valence-corrected chi connectivity index (χ4v) is 2.23. The maximum Gasteiger partial charge on any atom is 0.309 e. The van der Waals surface area contributed by atoms with Crippen LogP contribution in [0.2, 0.25) is 0 Å². The number of rotatable bonds is 10. The fraction of sp³-hybridized carbons (Fsp3) is 0.263. The second kappa shape index (κ2) is 10.6. The van der Waals surface area contributed by atoms with Crippen LogP contribution in [0.4, 0.5) is 15.8 Å². The van der Waals surface area contributed by atoms with Crippen molar-refractivity contribution >= 4 is 23.3 Å². The second-order valence-corrected chi connectivity index (χ2v) is 5.61. The van der Waals surface area contributed by atoms with E-state index < -0.39 is 34.9 Å². The molecule has 0 aliphatic carbocycles. The molecule has 2 aromatic carbocycles. The molecule has 0 bridgehead atoms. The minimum absolute atomic E-state index is 0.00927. The standard InChI is InChI=1S/C19H19FN2O7/c1-2-27-16-5-3-4-6-17(16)28-10-9-19(24)29-12-18(23)21-13-7-8-14(20)15(11-13)22(25)26/h3-8,11H,2,9-10,12H2,1H3,(H,21,23). The van der Waals surface area contributed by atoms with Crippen molar-refractivity contribution in [3.63, 3.8) is 0 Å². The third kappa shape index (κ3) is 6.76. The average molecular weight is 406 g/mol. The van der Waals surface area contributed by atoms with E-state index in [1.807, 2.05) is 6.92 Å². The van der Waals surface area contributed by atoms with Gasteiger partial charge in [0.15, 0.2) is 18.1 Å². The molecule has 0 spiro atoms. The quantitative estimate of drug-likeness (QED) is 0.366. The summed E-state index contributed by atoms with van der Waals surface area (Å²) in [4.78, 5) is 33.3. The molecule has 0 aromatic heterocycles.